The number of methoxy groups -OCH3 is 1. The van der Waals surface area contributed by atoms with Crippen LogP contribution < -0.4 is 0 Å². The second-order valence-corrected chi connectivity index (χ2v) is 3.67. The average Bonchev–Trinajstić information content (AvgIpc) is 2.47. The van der Waals surface area contributed by atoms with E-state index in [2.05, 4.69) is 11.6 Å². The minimum Gasteiger partial charge on any atom is -0.495 e. The van der Waals surface area contributed by atoms with Crippen molar-refractivity contribution in [3.8, 4) is 0 Å². The molecule has 3 heteroatoms. The van der Waals surface area contributed by atoms with E-state index in [9.17, 15) is 0 Å². The summed E-state index contributed by atoms with van der Waals surface area (Å²) in [5, 5.41) is 1.05. The summed E-state index contributed by atoms with van der Waals surface area (Å²) < 4.78 is 4.98. The molecule has 1 rings (SSSR count). The summed E-state index contributed by atoms with van der Waals surface area (Å²) >= 11 is 1.66. The molecule has 1 heterocycles. The summed E-state index contributed by atoms with van der Waals surface area (Å²) in [7, 11) is 1.61. The van der Waals surface area contributed by atoms with Crippen LogP contribution >= 0.6 is 11.3 Å². The Morgan fingerprint density at radius 1 is 1.38 bits per heavy atom. The monoisotopic (exact) mass is 199 g/mol. The number of hydrogen-bond donors (Lipinski definition) is 0. The van der Waals surface area contributed by atoms with Gasteiger partial charge < -0.3 is 4.74 Å². The molecule has 0 amide bonds. The van der Waals surface area contributed by atoms with E-state index in [0.29, 0.717) is 5.76 Å². The van der Waals surface area contributed by atoms with Crippen LogP contribution in [0.15, 0.2) is 6.58 Å². The number of thiazole rings is 1. The molecule has 0 atom stereocenters. The van der Waals surface area contributed by atoms with Crippen molar-refractivity contribution in [2.45, 2.75) is 27.7 Å². The number of aryl methyl sites for hydroxylation is 2. The molecule has 1 aromatic rings. The van der Waals surface area contributed by atoms with Gasteiger partial charge in [0, 0.05) is 4.88 Å². The molecule has 0 aromatic carbocycles. The first-order valence-electron chi connectivity index (χ1n) is 4.32. The van der Waals surface area contributed by atoms with Crippen molar-refractivity contribution in [2.24, 2.45) is 0 Å². The topological polar surface area (TPSA) is 22.1 Å². The van der Waals surface area contributed by atoms with E-state index in [0.717, 1.165) is 15.6 Å². The first kappa shape index (κ1) is 12.2. The van der Waals surface area contributed by atoms with Crippen LogP contribution in [0.3, 0.4) is 0 Å². The Bertz CT molecular complexity index is 278. The van der Waals surface area contributed by atoms with Crippen molar-refractivity contribution < 1.29 is 4.74 Å². The zero-order chi connectivity index (χ0) is 10.4. The molecule has 0 spiro atoms. The first-order chi connectivity index (χ1) is 6.15. The highest BCUT2D eigenvalue weighted by Gasteiger charge is 2.07. The van der Waals surface area contributed by atoms with Gasteiger partial charge in [-0.2, -0.15) is 0 Å². The van der Waals surface area contributed by atoms with E-state index < -0.39 is 0 Å². The summed E-state index contributed by atoms with van der Waals surface area (Å²) in [4.78, 5) is 5.44. The Morgan fingerprint density at radius 3 is 2.23 bits per heavy atom. The van der Waals surface area contributed by atoms with Crippen LogP contribution in [0.25, 0.3) is 5.76 Å². The molecular weight excluding hydrogens is 182 g/mol. The highest BCUT2D eigenvalue weighted by molar-refractivity contribution is 7.11. The smallest absolute Gasteiger partial charge is 0.138 e. The fourth-order valence-corrected chi connectivity index (χ4v) is 1.72. The van der Waals surface area contributed by atoms with Crippen molar-refractivity contribution in [3.63, 3.8) is 0 Å². The molecule has 0 saturated carbocycles. The van der Waals surface area contributed by atoms with Crippen LogP contribution in [0.2, 0.25) is 0 Å². The van der Waals surface area contributed by atoms with Crippen molar-refractivity contribution in [3.05, 3.63) is 22.2 Å². The normalized spacial score (nSPS) is 8.69. The van der Waals surface area contributed by atoms with Gasteiger partial charge in [0.05, 0.1) is 12.1 Å². The molecule has 0 N–H and O–H groups in total. The Labute approximate surface area is 84.3 Å². The SMILES string of the molecule is C=C(OC)c1nc(C)sc1C.CC. The van der Waals surface area contributed by atoms with E-state index in [1.54, 1.807) is 18.4 Å². The molecule has 0 fully saturated rings. The minimum absolute atomic E-state index is 0.645. The van der Waals surface area contributed by atoms with Gasteiger partial charge in [-0.1, -0.05) is 20.4 Å². The number of ether oxygens (including phenoxy) is 1. The van der Waals surface area contributed by atoms with Crippen LogP contribution in [-0.4, -0.2) is 12.1 Å². The summed E-state index contributed by atoms with van der Waals surface area (Å²) in [6.45, 7) is 11.7. The molecule has 0 aliphatic heterocycles. The molecule has 0 saturated heterocycles. The fraction of sp³-hybridized carbons (Fsp3) is 0.500. The molecule has 0 aliphatic carbocycles. The third kappa shape index (κ3) is 3.19. The molecule has 1 aromatic heterocycles. The molecule has 0 bridgehead atoms. The Morgan fingerprint density at radius 2 is 1.92 bits per heavy atom. The predicted octanol–water partition coefficient (Wildman–Crippen LogP) is 3.40. The number of nitrogens with zero attached hydrogens (tertiary/aromatic N) is 1. The summed E-state index contributed by atoms with van der Waals surface area (Å²) in [5.74, 6) is 0.645. The van der Waals surface area contributed by atoms with Gasteiger partial charge in [0.1, 0.15) is 11.5 Å². The van der Waals surface area contributed by atoms with Gasteiger partial charge in [-0.3, -0.25) is 0 Å². The van der Waals surface area contributed by atoms with Crippen LogP contribution in [-0.2, 0) is 4.74 Å². The lowest BCUT2D eigenvalue weighted by molar-refractivity contribution is 0.369. The van der Waals surface area contributed by atoms with Crippen LogP contribution in [0.1, 0.15) is 29.4 Å². The maximum Gasteiger partial charge on any atom is 0.138 e. The third-order valence-electron chi connectivity index (χ3n) is 1.41. The lowest BCUT2D eigenvalue weighted by Crippen LogP contribution is -1.87. The standard InChI is InChI=1S/C8H11NOS.C2H6/c1-5(10-4)8-6(2)11-7(3)9-8;1-2/h1H2,2-4H3;1-2H3. The lowest BCUT2D eigenvalue weighted by Gasteiger charge is -1.99. The molecule has 0 aliphatic rings. The summed E-state index contributed by atoms with van der Waals surface area (Å²) in [6.07, 6.45) is 0. The van der Waals surface area contributed by atoms with Crippen LogP contribution in [0, 0.1) is 13.8 Å². The maximum atomic E-state index is 4.98. The van der Waals surface area contributed by atoms with Crippen molar-refractivity contribution in [2.75, 3.05) is 7.11 Å². The van der Waals surface area contributed by atoms with Gasteiger partial charge in [-0.05, 0) is 13.8 Å². The zero-order valence-corrected chi connectivity index (χ0v) is 9.79. The van der Waals surface area contributed by atoms with Gasteiger partial charge >= 0.3 is 0 Å². The van der Waals surface area contributed by atoms with Gasteiger partial charge in [0.2, 0.25) is 0 Å². The fourth-order valence-electron chi connectivity index (χ4n) is 0.884. The van der Waals surface area contributed by atoms with Crippen molar-refractivity contribution in [1.29, 1.82) is 0 Å². The molecular formula is C10H17NOS. The number of rotatable bonds is 2. The highest BCUT2D eigenvalue weighted by Crippen LogP contribution is 2.22. The number of hydrogen-bond acceptors (Lipinski definition) is 3. The van der Waals surface area contributed by atoms with E-state index in [1.807, 2.05) is 27.7 Å². The summed E-state index contributed by atoms with van der Waals surface area (Å²) in [6, 6.07) is 0. The quantitative estimate of drug-likeness (QED) is 0.681. The Hall–Kier alpha value is -0.830. The van der Waals surface area contributed by atoms with Gasteiger partial charge in [-0.15, -0.1) is 11.3 Å². The van der Waals surface area contributed by atoms with Gasteiger partial charge in [0.25, 0.3) is 0 Å². The van der Waals surface area contributed by atoms with Crippen molar-refractivity contribution >= 4 is 17.1 Å². The molecule has 0 unspecified atom stereocenters. The first-order valence-corrected chi connectivity index (χ1v) is 5.14. The predicted molar refractivity (Wildman–Crippen MR) is 59.0 cm³/mol. The second kappa shape index (κ2) is 5.75. The second-order valence-electron chi connectivity index (χ2n) is 2.26. The van der Waals surface area contributed by atoms with Crippen LogP contribution in [0.4, 0.5) is 0 Å². The van der Waals surface area contributed by atoms with E-state index in [1.165, 1.54) is 0 Å². The van der Waals surface area contributed by atoms with Gasteiger partial charge in [-0.25, -0.2) is 4.98 Å². The van der Waals surface area contributed by atoms with Crippen molar-refractivity contribution in [1.82, 2.24) is 4.98 Å². The molecule has 2 nitrogen and oxygen atoms in total. The minimum atomic E-state index is 0.645. The third-order valence-corrected chi connectivity index (χ3v) is 2.30. The van der Waals surface area contributed by atoms with E-state index in [-0.39, 0.29) is 0 Å². The van der Waals surface area contributed by atoms with Gasteiger partial charge in [0.15, 0.2) is 0 Å². The van der Waals surface area contributed by atoms with Crippen LogP contribution in [0.5, 0.6) is 0 Å². The molecule has 0 radical (unpaired) electrons. The number of aromatic nitrogens is 1. The average molecular weight is 199 g/mol. The maximum absolute atomic E-state index is 4.98. The Kier molecular flexibility index (Phi) is 5.39. The molecule has 13 heavy (non-hydrogen) atoms. The largest absolute Gasteiger partial charge is 0.495 e. The lowest BCUT2D eigenvalue weighted by atomic mass is 10.3. The highest BCUT2D eigenvalue weighted by atomic mass is 32.1. The van der Waals surface area contributed by atoms with E-state index >= 15 is 0 Å². The zero-order valence-electron chi connectivity index (χ0n) is 8.97. The molecule has 74 valence electrons. The van der Waals surface area contributed by atoms with E-state index in [4.69, 9.17) is 4.74 Å². The summed E-state index contributed by atoms with van der Waals surface area (Å²) in [5.41, 5.74) is 0.884. The Balaban J connectivity index is 0.000000671.